The number of hydrogen-bond acceptors (Lipinski definition) is 3. The van der Waals surface area contributed by atoms with Crippen molar-refractivity contribution in [3.63, 3.8) is 0 Å². The molecule has 0 saturated carbocycles. The van der Waals surface area contributed by atoms with E-state index in [9.17, 15) is 9.59 Å². The molecule has 1 rings (SSSR count). The minimum atomic E-state index is -0.756. The average Bonchev–Trinajstić information content (AvgIpc) is 2.45. The summed E-state index contributed by atoms with van der Waals surface area (Å²) >= 11 is 0. The van der Waals surface area contributed by atoms with E-state index >= 15 is 0 Å². The van der Waals surface area contributed by atoms with Gasteiger partial charge in [-0.05, 0) is 23.5 Å². The molecular formula is C15H21N3O2. The zero-order valence-corrected chi connectivity index (χ0v) is 12.1. The molecule has 2 N–H and O–H groups in total. The summed E-state index contributed by atoms with van der Waals surface area (Å²) in [6.07, 6.45) is 2.29. The van der Waals surface area contributed by atoms with E-state index in [-0.39, 0.29) is 0 Å². The van der Waals surface area contributed by atoms with E-state index in [1.165, 1.54) is 11.8 Å². The van der Waals surface area contributed by atoms with Gasteiger partial charge in [0.1, 0.15) is 0 Å². The largest absolute Gasteiger partial charge is 0.348 e. The summed E-state index contributed by atoms with van der Waals surface area (Å²) in [6.45, 7) is 6.64. The average molecular weight is 275 g/mol. The molecule has 0 spiro atoms. The van der Waals surface area contributed by atoms with E-state index in [0.29, 0.717) is 12.5 Å². The second-order valence-electron chi connectivity index (χ2n) is 4.78. The number of rotatable bonds is 5. The first-order valence-corrected chi connectivity index (χ1v) is 6.75. The number of carbonyl (C=O) groups excluding carboxylic acids is 2. The molecule has 108 valence electrons. The SMILES string of the molecule is CCCNC(=O)C(=O)N/N=C/c1ccc(C(C)C)cc1. The highest BCUT2D eigenvalue weighted by Crippen LogP contribution is 2.13. The highest BCUT2D eigenvalue weighted by Gasteiger charge is 2.10. The minimum absolute atomic E-state index is 0.475. The predicted octanol–water partition coefficient (Wildman–Crippen LogP) is 1.79. The van der Waals surface area contributed by atoms with Crippen LogP contribution in [0.25, 0.3) is 0 Å². The Labute approximate surface area is 119 Å². The normalized spacial score (nSPS) is 10.8. The van der Waals surface area contributed by atoms with Gasteiger partial charge < -0.3 is 5.32 Å². The summed E-state index contributed by atoms with van der Waals surface area (Å²) < 4.78 is 0. The van der Waals surface area contributed by atoms with Gasteiger partial charge in [-0.2, -0.15) is 5.10 Å². The molecule has 1 aromatic carbocycles. The fourth-order valence-electron chi connectivity index (χ4n) is 1.50. The quantitative estimate of drug-likeness (QED) is 0.488. The maximum atomic E-state index is 11.3. The number of carbonyl (C=O) groups is 2. The lowest BCUT2D eigenvalue weighted by Crippen LogP contribution is -2.38. The van der Waals surface area contributed by atoms with E-state index in [4.69, 9.17) is 0 Å². The summed E-state index contributed by atoms with van der Waals surface area (Å²) in [5, 5.41) is 6.24. The van der Waals surface area contributed by atoms with Gasteiger partial charge in [0, 0.05) is 6.54 Å². The van der Waals surface area contributed by atoms with Crippen LogP contribution in [0.1, 0.15) is 44.2 Å². The first-order valence-electron chi connectivity index (χ1n) is 6.75. The Morgan fingerprint density at radius 2 is 1.85 bits per heavy atom. The van der Waals surface area contributed by atoms with Crippen LogP contribution < -0.4 is 10.7 Å². The van der Waals surface area contributed by atoms with Crippen LogP contribution in [0.3, 0.4) is 0 Å². The van der Waals surface area contributed by atoms with Crippen LogP contribution in [-0.2, 0) is 9.59 Å². The zero-order valence-electron chi connectivity index (χ0n) is 12.1. The molecule has 5 nitrogen and oxygen atoms in total. The van der Waals surface area contributed by atoms with E-state index in [1.807, 2.05) is 31.2 Å². The molecular weight excluding hydrogens is 254 g/mol. The molecule has 0 aliphatic rings. The number of nitrogens with zero attached hydrogens (tertiary/aromatic N) is 1. The second-order valence-corrected chi connectivity index (χ2v) is 4.78. The lowest BCUT2D eigenvalue weighted by Gasteiger charge is -2.04. The van der Waals surface area contributed by atoms with Crippen molar-refractivity contribution in [2.24, 2.45) is 5.10 Å². The maximum absolute atomic E-state index is 11.3. The molecule has 0 heterocycles. The van der Waals surface area contributed by atoms with Gasteiger partial charge in [0.2, 0.25) is 0 Å². The highest BCUT2D eigenvalue weighted by molar-refractivity contribution is 6.35. The Morgan fingerprint density at radius 3 is 2.40 bits per heavy atom. The standard InChI is InChI=1S/C15H21N3O2/c1-4-9-16-14(19)15(20)18-17-10-12-5-7-13(8-6-12)11(2)3/h5-8,10-11H,4,9H2,1-3H3,(H,16,19)(H,18,20)/b17-10+. The zero-order chi connectivity index (χ0) is 15.0. The molecule has 0 saturated heterocycles. The Balaban J connectivity index is 2.48. The Bertz CT molecular complexity index is 478. The Hall–Kier alpha value is -2.17. The Kier molecular flexibility index (Phi) is 6.43. The van der Waals surface area contributed by atoms with E-state index in [0.717, 1.165) is 12.0 Å². The van der Waals surface area contributed by atoms with Gasteiger partial charge in [-0.15, -0.1) is 0 Å². The molecule has 0 fully saturated rings. The van der Waals surface area contributed by atoms with Gasteiger partial charge in [-0.25, -0.2) is 5.43 Å². The number of hydrogen-bond donors (Lipinski definition) is 2. The fourth-order valence-corrected chi connectivity index (χ4v) is 1.50. The third kappa shape index (κ3) is 5.22. The fraction of sp³-hybridized carbons (Fsp3) is 0.400. The van der Waals surface area contributed by atoms with Gasteiger partial charge in [0.05, 0.1) is 6.21 Å². The third-order valence-corrected chi connectivity index (χ3v) is 2.72. The molecule has 5 heteroatoms. The van der Waals surface area contributed by atoms with Gasteiger partial charge in [-0.1, -0.05) is 45.0 Å². The number of hydrazone groups is 1. The summed E-state index contributed by atoms with van der Waals surface area (Å²) in [7, 11) is 0. The van der Waals surface area contributed by atoms with E-state index in [1.54, 1.807) is 0 Å². The van der Waals surface area contributed by atoms with Crippen LogP contribution in [0.4, 0.5) is 0 Å². The minimum Gasteiger partial charge on any atom is -0.348 e. The molecule has 0 radical (unpaired) electrons. The van der Waals surface area contributed by atoms with E-state index in [2.05, 4.69) is 29.7 Å². The van der Waals surface area contributed by atoms with Crippen molar-refractivity contribution >= 4 is 18.0 Å². The van der Waals surface area contributed by atoms with Gasteiger partial charge >= 0.3 is 11.8 Å². The molecule has 0 unspecified atom stereocenters. The lowest BCUT2D eigenvalue weighted by molar-refractivity contribution is -0.139. The summed E-state index contributed by atoms with van der Waals surface area (Å²) in [5.74, 6) is -0.949. The molecule has 1 aromatic rings. The molecule has 0 bridgehead atoms. The summed E-state index contributed by atoms with van der Waals surface area (Å²) in [6, 6.07) is 7.87. The molecule has 0 atom stereocenters. The van der Waals surface area contributed by atoms with Crippen molar-refractivity contribution in [1.29, 1.82) is 0 Å². The van der Waals surface area contributed by atoms with Gasteiger partial charge in [0.15, 0.2) is 0 Å². The third-order valence-electron chi connectivity index (χ3n) is 2.72. The van der Waals surface area contributed by atoms with Crippen LogP contribution in [-0.4, -0.2) is 24.6 Å². The number of amides is 2. The number of benzene rings is 1. The molecule has 2 amide bonds. The van der Waals surface area contributed by atoms with Crippen LogP contribution in [0.15, 0.2) is 29.4 Å². The summed E-state index contributed by atoms with van der Waals surface area (Å²) in [5.41, 5.74) is 4.30. The monoisotopic (exact) mass is 275 g/mol. The molecule has 20 heavy (non-hydrogen) atoms. The highest BCUT2D eigenvalue weighted by atomic mass is 16.2. The second kappa shape index (κ2) is 8.09. The smallest absolute Gasteiger partial charge is 0.329 e. The maximum Gasteiger partial charge on any atom is 0.329 e. The first kappa shape index (κ1) is 15.9. The number of nitrogens with one attached hydrogen (secondary N) is 2. The van der Waals surface area contributed by atoms with Crippen LogP contribution in [0.5, 0.6) is 0 Å². The van der Waals surface area contributed by atoms with Crippen LogP contribution in [0.2, 0.25) is 0 Å². The topological polar surface area (TPSA) is 70.6 Å². The molecule has 0 aliphatic heterocycles. The van der Waals surface area contributed by atoms with Crippen molar-refractivity contribution in [1.82, 2.24) is 10.7 Å². The van der Waals surface area contributed by atoms with Crippen LogP contribution >= 0.6 is 0 Å². The lowest BCUT2D eigenvalue weighted by atomic mass is 10.0. The van der Waals surface area contributed by atoms with E-state index < -0.39 is 11.8 Å². The first-order chi connectivity index (χ1) is 9.54. The van der Waals surface area contributed by atoms with Crippen molar-refractivity contribution in [2.75, 3.05) is 6.54 Å². The molecule has 0 aromatic heterocycles. The Morgan fingerprint density at radius 1 is 1.20 bits per heavy atom. The predicted molar refractivity (Wildman–Crippen MR) is 79.6 cm³/mol. The molecule has 0 aliphatic carbocycles. The van der Waals surface area contributed by atoms with Crippen molar-refractivity contribution in [2.45, 2.75) is 33.1 Å². The van der Waals surface area contributed by atoms with Crippen molar-refractivity contribution in [3.05, 3.63) is 35.4 Å². The van der Waals surface area contributed by atoms with Crippen molar-refractivity contribution in [3.8, 4) is 0 Å². The van der Waals surface area contributed by atoms with Gasteiger partial charge in [-0.3, -0.25) is 9.59 Å². The van der Waals surface area contributed by atoms with Crippen molar-refractivity contribution < 1.29 is 9.59 Å². The summed E-state index contributed by atoms with van der Waals surface area (Å²) in [4.78, 5) is 22.6. The van der Waals surface area contributed by atoms with Gasteiger partial charge in [0.25, 0.3) is 0 Å². The van der Waals surface area contributed by atoms with Crippen LogP contribution in [0, 0.1) is 0 Å².